The third kappa shape index (κ3) is 5.61. The smallest absolute Gasteiger partial charge is 0.341 e. The maximum atomic E-state index is 11.8. The number of nitrogens with one attached hydrogen (secondary N) is 1. The number of benzene rings is 1. The minimum absolute atomic E-state index is 0.411. The summed E-state index contributed by atoms with van der Waals surface area (Å²) in [7, 11) is 6.62. The van der Waals surface area contributed by atoms with Gasteiger partial charge in [0.1, 0.15) is 11.3 Å². The van der Waals surface area contributed by atoms with Crippen LogP contribution in [0.1, 0.15) is 28.8 Å². The van der Waals surface area contributed by atoms with Gasteiger partial charge in [0.15, 0.2) is 5.96 Å². The van der Waals surface area contributed by atoms with Crippen LogP contribution in [0.25, 0.3) is 0 Å². The molecule has 1 N–H and O–H groups in total. The number of ether oxygens (including phenoxy) is 2. The summed E-state index contributed by atoms with van der Waals surface area (Å²) in [5, 5.41) is 3.29. The van der Waals surface area contributed by atoms with Gasteiger partial charge in [0.2, 0.25) is 0 Å². The molecule has 0 saturated heterocycles. The van der Waals surface area contributed by atoms with Gasteiger partial charge in [0.05, 0.1) is 14.2 Å². The summed E-state index contributed by atoms with van der Waals surface area (Å²) in [6.45, 7) is 5.17. The number of aliphatic imine (C=N–C) groups is 1. The molecule has 0 saturated carbocycles. The van der Waals surface area contributed by atoms with Crippen molar-refractivity contribution in [1.82, 2.24) is 10.2 Å². The standard InChI is InChI=1S/C18H27N3O3/c1-6-7-8-11-21(3)18(19-2)20-13-14-9-10-16(23-4)15(12-14)17(22)24-5/h6,9-10,12H,1,7-8,11,13H2,2-5H3,(H,19,20). The van der Waals surface area contributed by atoms with Crippen molar-refractivity contribution in [3.05, 3.63) is 42.0 Å². The third-order valence-corrected chi connectivity index (χ3v) is 3.59. The van der Waals surface area contributed by atoms with Crippen LogP contribution in [-0.2, 0) is 11.3 Å². The lowest BCUT2D eigenvalue weighted by Crippen LogP contribution is -2.39. The Balaban J connectivity index is 2.75. The molecule has 0 unspecified atom stereocenters. The first kappa shape index (κ1) is 19.5. The first-order chi connectivity index (χ1) is 11.6. The highest BCUT2D eigenvalue weighted by atomic mass is 16.5. The Morgan fingerprint density at radius 1 is 1.42 bits per heavy atom. The normalized spacial score (nSPS) is 10.9. The average Bonchev–Trinajstić information content (AvgIpc) is 2.61. The van der Waals surface area contributed by atoms with Crippen LogP contribution in [0.5, 0.6) is 5.75 Å². The van der Waals surface area contributed by atoms with Crippen LogP contribution in [0, 0.1) is 0 Å². The number of carbonyl (C=O) groups is 1. The Labute approximate surface area is 144 Å². The molecule has 0 aromatic heterocycles. The fourth-order valence-electron chi connectivity index (χ4n) is 2.28. The molecule has 0 spiro atoms. The molecule has 132 valence electrons. The number of hydrogen-bond donors (Lipinski definition) is 1. The van der Waals surface area contributed by atoms with Crippen molar-refractivity contribution in [3.63, 3.8) is 0 Å². The molecule has 0 aliphatic heterocycles. The predicted molar refractivity (Wildman–Crippen MR) is 96.6 cm³/mol. The number of methoxy groups -OCH3 is 2. The maximum Gasteiger partial charge on any atom is 0.341 e. The Morgan fingerprint density at radius 3 is 2.75 bits per heavy atom. The van der Waals surface area contributed by atoms with Crippen molar-refractivity contribution in [2.24, 2.45) is 4.99 Å². The second kappa shape index (κ2) is 10.3. The monoisotopic (exact) mass is 333 g/mol. The molecule has 0 atom stereocenters. The average molecular weight is 333 g/mol. The van der Waals surface area contributed by atoms with Gasteiger partial charge in [-0.25, -0.2) is 4.79 Å². The molecule has 1 aromatic rings. The lowest BCUT2D eigenvalue weighted by molar-refractivity contribution is 0.0597. The van der Waals surface area contributed by atoms with Gasteiger partial charge in [-0.1, -0.05) is 12.1 Å². The van der Waals surface area contributed by atoms with Crippen LogP contribution in [0.2, 0.25) is 0 Å². The van der Waals surface area contributed by atoms with Crippen LogP contribution in [0.15, 0.2) is 35.8 Å². The van der Waals surface area contributed by atoms with Gasteiger partial charge in [-0.15, -0.1) is 6.58 Å². The van der Waals surface area contributed by atoms with E-state index in [4.69, 9.17) is 9.47 Å². The Kier molecular flexibility index (Phi) is 8.39. The minimum atomic E-state index is -0.417. The van der Waals surface area contributed by atoms with Crippen LogP contribution in [-0.4, -0.2) is 51.7 Å². The number of esters is 1. The largest absolute Gasteiger partial charge is 0.496 e. The predicted octanol–water partition coefficient (Wildman–Crippen LogP) is 2.46. The summed E-state index contributed by atoms with van der Waals surface area (Å²) in [5.74, 6) is 0.880. The van der Waals surface area contributed by atoms with Crippen molar-refractivity contribution >= 4 is 11.9 Å². The van der Waals surface area contributed by atoms with E-state index in [1.54, 1.807) is 19.2 Å². The third-order valence-electron chi connectivity index (χ3n) is 3.59. The van der Waals surface area contributed by atoms with E-state index in [1.165, 1.54) is 14.2 Å². The van der Waals surface area contributed by atoms with Crippen molar-refractivity contribution in [3.8, 4) is 5.75 Å². The van der Waals surface area contributed by atoms with Crippen molar-refractivity contribution in [2.75, 3.05) is 34.9 Å². The zero-order valence-electron chi connectivity index (χ0n) is 15.0. The van der Waals surface area contributed by atoms with Gasteiger partial charge >= 0.3 is 5.97 Å². The molecule has 0 bridgehead atoms. The SMILES string of the molecule is C=CCCCN(C)C(=NC)NCc1ccc(OC)c(C(=O)OC)c1. The minimum Gasteiger partial charge on any atom is -0.496 e. The first-order valence-electron chi connectivity index (χ1n) is 7.85. The summed E-state index contributed by atoms with van der Waals surface area (Å²) in [4.78, 5) is 18.2. The number of unbranched alkanes of at least 4 members (excludes halogenated alkanes) is 1. The molecule has 0 fully saturated rings. The van der Waals surface area contributed by atoms with Gasteiger partial charge in [0.25, 0.3) is 0 Å². The molecule has 0 heterocycles. The van der Waals surface area contributed by atoms with Gasteiger partial charge in [-0.05, 0) is 30.5 Å². The fourth-order valence-corrected chi connectivity index (χ4v) is 2.28. The summed E-state index contributed by atoms with van der Waals surface area (Å²) in [5.41, 5.74) is 1.35. The second-order valence-corrected chi connectivity index (χ2v) is 5.28. The van der Waals surface area contributed by atoms with Gasteiger partial charge < -0.3 is 19.7 Å². The Morgan fingerprint density at radius 2 is 2.17 bits per heavy atom. The van der Waals surface area contributed by atoms with Gasteiger partial charge in [-0.2, -0.15) is 0 Å². The molecule has 0 aliphatic carbocycles. The zero-order chi connectivity index (χ0) is 17.9. The number of rotatable bonds is 8. The van der Waals surface area contributed by atoms with E-state index < -0.39 is 5.97 Å². The quantitative estimate of drug-likeness (QED) is 0.260. The molecule has 6 heteroatoms. The highest BCUT2D eigenvalue weighted by molar-refractivity contribution is 5.92. The van der Waals surface area contributed by atoms with E-state index in [0.717, 1.165) is 30.9 Å². The molecule has 1 aromatic carbocycles. The summed E-state index contributed by atoms with van der Waals surface area (Å²) in [6.07, 6.45) is 3.91. The number of carbonyl (C=O) groups excluding carboxylic acids is 1. The van der Waals surface area contributed by atoms with E-state index in [-0.39, 0.29) is 0 Å². The lowest BCUT2D eigenvalue weighted by Gasteiger charge is -2.22. The van der Waals surface area contributed by atoms with Crippen molar-refractivity contribution in [2.45, 2.75) is 19.4 Å². The lowest BCUT2D eigenvalue weighted by atomic mass is 10.1. The second-order valence-electron chi connectivity index (χ2n) is 5.28. The van der Waals surface area contributed by atoms with E-state index in [0.29, 0.717) is 17.9 Å². The van der Waals surface area contributed by atoms with Crippen molar-refractivity contribution < 1.29 is 14.3 Å². The molecule has 0 amide bonds. The Bertz CT molecular complexity index is 585. The fraction of sp³-hybridized carbons (Fsp3) is 0.444. The van der Waals surface area contributed by atoms with Crippen LogP contribution in [0.3, 0.4) is 0 Å². The van der Waals surface area contributed by atoms with Gasteiger partial charge in [0, 0.05) is 27.2 Å². The van der Waals surface area contributed by atoms with Crippen molar-refractivity contribution in [1.29, 1.82) is 0 Å². The van der Waals surface area contributed by atoms with Crippen LogP contribution >= 0.6 is 0 Å². The molecule has 6 nitrogen and oxygen atoms in total. The number of hydrogen-bond acceptors (Lipinski definition) is 4. The van der Waals surface area contributed by atoms with E-state index in [1.807, 2.05) is 19.2 Å². The molecular weight excluding hydrogens is 306 g/mol. The van der Waals surface area contributed by atoms with E-state index >= 15 is 0 Å². The maximum absolute atomic E-state index is 11.8. The first-order valence-corrected chi connectivity index (χ1v) is 7.85. The van der Waals surface area contributed by atoms with E-state index in [9.17, 15) is 4.79 Å². The van der Waals surface area contributed by atoms with E-state index in [2.05, 4.69) is 21.8 Å². The highest BCUT2D eigenvalue weighted by Gasteiger charge is 2.14. The van der Waals surface area contributed by atoms with Crippen LogP contribution in [0.4, 0.5) is 0 Å². The molecule has 0 aliphatic rings. The number of allylic oxidation sites excluding steroid dienone is 1. The topological polar surface area (TPSA) is 63.2 Å². The number of guanidine groups is 1. The molecule has 1 rings (SSSR count). The van der Waals surface area contributed by atoms with Crippen LogP contribution < -0.4 is 10.1 Å². The molecular formula is C18H27N3O3. The summed E-state index contributed by atoms with van der Waals surface area (Å²) < 4.78 is 10.00. The summed E-state index contributed by atoms with van der Waals surface area (Å²) in [6, 6.07) is 5.44. The molecule has 24 heavy (non-hydrogen) atoms. The highest BCUT2D eigenvalue weighted by Crippen LogP contribution is 2.20. The van der Waals surface area contributed by atoms with Gasteiger partial charge in [-0.3, -0.25) is 4.99 Å². The molecule has 0 radical (unpaired) electrons. The number of nitrogens with zero attached hydrogens (tertiary/aromatic N) is 2. The summed E-state index contributed by atoms with van der Waals surface area (Å²) >= 11 is 0. The Hall–Kier alpha value is -2.50. The zero-order valence-corrected chi connectivity index (χ0v) is 15.0.